The Balaban J connectivity index is 1.60. The Morgan fingerprint density at radius 2 is 2.11 bits per heavy atom. The van der Waals surface area contributed by atoms with Crippen LogP contribution >= 0.6 is 0 Å². The van der Waals surface area contributed by atoms with Crippen LogP contribution in [0.5, 0.6) is 0 Å². The van der Waals surface area contributed by atoms with Crippen molar-refractivity contribution in [2.24, 2.45) is 7.05 Å². The quantitative estimate of drug-likeness (QED) is 0.739. The SMILES string of the molecule is Cc1cc(NC(=O)C(c2ccccc2)N2CCC=C(c3cnn(C)c3)C2)no1. The van der Waals surface area contributed by atoms with Crippen molar-refractivity contribution in [3.8, 4) is 0 Å². The summed E-state index contributed by atoms with van der Waals surface area (Å²) in [4.78, 5) is 15.4. The van der Waals surface area contributed by atoms with E-state index in [0.29, 0.717) is 18.1 Å². The third-order valence-electron chi connectivity index (χ3n) is 4.86. The van der Waals surface area contributed by atoms with Gasteiger partial charge in [0.15, 0.2) is 5.82 Å². The van der Waals surface area contributed by atoms with Gasteiger partial charge in [0.1, 0.15) is 11.8 Å². The van der Waals surface area contributed by atoms with E-state index in [0.717, 1.165) is 24.1 Å². The van der Waals surface area contributed by atoms with Gasteiger partial charge >= 0.3 is 0 Å². The molecule has 0 radical (unpaired) electrons. The van der Waals surface area contributed by atoms with Crippen molar-refractivity contribution in [1.29, 1.82) is 0 Å². The largest absolute Gasteiger partial charge is 0.360 e. The Hall–Kier alpha value is -3.19. The number of anilines is 1. The molecule has 0 aliphatic carbocycles. The van der Waals surface area contributed by atoms with Crippen LogP contribution in [0.2, 0.25) is 0 Å². The van der Waals surface area contributed by atoms with Gasteiger partial charge in [-0.15, -0.1) is 0 Å². The number of hydrogen-bond acceptors (Lipinski definition) is 5. The van der Waals surface area contributed by atoms with E-state index in [-0.39, 0.29) is 5.91 Å². The number of nitrogens with zero attached hydrogens (tertiary/aromatic N) is 4. The Labute approximate surface area is 163 Å². The average molecular weight is 377 g/mol. The summed E-state index contributed by atoms with van der Waals surface area (Å²) in [6.07, 6.45) is 6.98. The molecule has 1 N–H and O–H groups in total. The first-order valence-corrected chi connectivity index (χ1v) is 9.31. The minimum Gasteiger partial charge on any atom is -0.360 e. The number of carbonyl (C=O) groups is 1. The lowest BCUT2D eigenvalue weighted by Crippen LogP contribution is -2.40. The van der Waals surface area contributed by atoms with Crippen LogP contribution < -0.4 is 5.32 Å². The molecular weight excluding hydrogens is 354 g/mol. The molecule has 0 saturated heterocycles. The van der Waals surface area contributed by atoms with E-state index < -0.39 is 6.04 Å². The molecule has 4 rings (SSSR count). The highest BCUT2D eigenvalue weighted by Gasteiger charge is 2.30. The van der Waals surface area contributed by atoms with Crippen molar-refractivity contribution in [2.75, 3.05) is 18.4 Å². The molecule has 3 heterocycles. The molecule has 0 saturated carbocycles. The molecule has 1 atom stereocenters. The summed E-state index contributed by atoms with van der Waals surface area (Å²) < 4.78 is 6.87. The molecule has 0 spiro atoms. The lowest BCUT2D eigenvalue weighted by atomic mass is 9.98. The topological polar surface area (TPSA) is 76.2 Å². The van der Waals surface area contributed by atoms with E-state index in [2.05, 4.69) is 26.5 Å². The van der Waals surface area contributed by atoms with Crippen molar-refractivity contribution in [2.45, 2.75) is 19.4 Å². The van der Waals surface area contributed by atoms with Gasteiger partial charge in [0, 0.05) is 38.0 Å². The first-order valence-electron chi connectivity index (χ1n) is 9.31. The Morgan fingerprint density at radius 3 is 2.79 bits per heavy atom. The minimum absolute atomic E-state index is 0.119. The highest BCUT2D eigenvalue weighted by atomic mass is 16.5. The highest BCUT2D eigenvalue weighted by Crippen LogP contribution is 2.29. The first-order chi connectivity index (χ1) is 13.6. The van der Waals surface area contributed by atoms with Gasteiger partial charge in [-0.1, -0.05) is 41.6 Å². The molecule has 28 heavy (non-hydrogen) atoms. The second-order valence-electron chi connectivity index (χ2n) is 7.02. The van der Waals surface area contributed by atoms with E-state index in [1.807, 2.05) is 49.8 Å². The zero-order valence-corrected chi connectivity index (χ0v) is 16.0. The van der Waals surface area contributed by atoms with Crippen LogP contribution in [0.1, 0.15) is 29.3 Å². The molecule has 0 fully saturated rings. The standard InChI is InChI=1S/C21H23N5O2/c1-15-11-19(24-28-15)23-21(27)20(16-7-4-3-5-8-16)26-10-6-9-17(14-26)18-12-22-25(2)13-18/h3-5,7-9,11-13,20H,6,10,14H2,1-2H3,(H,23,24,27). The average Bonchev–Trinajstić information content (AvgIpc) is 3.31. The molecule has 7 nitrogen and oxygen atoms in total. The van der Waals surface area contributed by atoms with Crippen LogP contribution in [0.4, 0.5) is 5.82 Å². The first kappa shape index (κ1) is 18.2. The fourth-order valence-electron chi connectivity index (χ4n) is 3.57. The lowest BCUT2D eigenvalue weighted by Gasteiger charge is -2.33. The monoisotopic (exact) mass is 377 g/mol. The van der Waals surface area contributed by atoms with Crippen molar-refractivity contribution in [1.82, 2.24) is 19.8 Å². The Kier molecular flexibility index (Phi) is 5.08. The second kappa shape index (κ2) is 7.82. The van der Waals surface area contributed by atoms with Gasteiger partial charge in [0.25, 0.3) is 0 Å². The third kappa shape index (κ3) is 3.89. The van der Waals surface area contributed by atoms with Gasteiger partial charge in [-0.3, -0.25) is 14.4 Å². The molecule has 0 bridgehead atoms. The van der Waals surface area contributed by atoms with Crippen LogP contribution in [0.25, 0.3) is 5.57 Å². The van der Waals surface area contributed by atoms with Crippen molar-refractivity contribution >= 4 is 17.3 Å². The zero-order chi connectivity index (χ0) is 19.5. The second-order valence-corrected chi connectivity index (χ2v) is 7.02. The maximum atomic E-state index is 13.2. The number of benzene rings is 1. The molecule has 1 aromatic carbocycles. The fourth-order valence-corrected chi connectivity index (χ4v) is 3.57. The molecule has 1 aliphatic heterocycles. The van der Waals surface area contributed by atoms with Gasteiger partial charge in [0.2, 0.25) is 5.91 Å². The van der Waals surface area contributed by atoms with E-state index in [4.69, 9.17) is 4.52 Å². The van der Waals surface area contributed by atoms with Gasteiger partial charge < -0.3 is 9.84 Å². The number of hydrogen-bond donors (Lipinski definition) is 1. The summed E-state index contributed by atoms with van der Waals surface area (Å²) in [6, 6.07) is 11.1. The van der Waals surface area contributed by atoms with E-state index in [1.165, 1.54) is 5.57 Å². The zero-order valence-electron chi connectivity index (χ0n) is 16.0. The fraction of sp³-hybridized carbons (Fsp3) is 0.286. The molecule has 1 aliphatic rings. The summed E-state index contributed by atoms with van der Waals surface area (Å²) in [6.45, 7) is 3.28. The number of aromatic nitrogens is 3. The number of amides is 1. The number of rotatable bonds is 5. The lowest BCUT2D eigenvalue weighted by molar-refractivity contribution is -0.121. The van der Waals surface area contributed by atoms with Crippen molar-refractivity contribution in [3.05, 3.63) is 71.8 Å². The summed E-state index contributed by atoms with van der Waals surface area (Å²) in [7, 11) is 1.91. The smallest absolute Gasteiger partial charge is 0.247 e. The maximum absolute atomic E-state index is 13.2. The van der Waals surface area contributed by atoms with E-state index in [1.54, 1.807) is 17.7 Å². The number of nitrogens with one attached hydrogen (secondary N) is 1. The normalized spacial score (nSPS) is 15.9. The van der Waals surface area contributed by atoms with Crippen LogP contribution in [0, 0.1) is 6.92 Å². The van der Waals surface area contributed by atoms with E-state index >= 15 is 0 Å². The van der Waals surface area contributed by atoms with E-state index in [9.17, 15) is 4.79 Å². The third-order valence-corrected chi connectivity index (χ3v) is 4.86. The van der Waals surface area contributed by atoms with Crippen molar-refractivity contribution < 1.29 is 9.32 Å². The Bertz CT molecular complexity index is 989. The predicted octanol–water partition coefficient (Wildman–Crippen LogP) is 3.19. The van der Waals surface area contributed by atoms with Crippen LogP contribution in [0.3, 0.4) is 0 Å². The van der Waals surface area contributed by atoms with Crippen molar-refractivity contribution in [3.63, 3.8) is 0 Å². The maximum Gasteiger partial charge on any atom is 0.247 e. The summed E-state index contributed by atoms with van der Waals surface area (Å²) in [5.41, 5.74) is 3.23. The van der Waals surface area contributed by atoms with Crippen LogP contribution in [0.15, 0.2) is 59.4 Å². The number of carbonyl (C=O) groups excluding carboxylic acids is 1. The Morgan fingerprint density at radius 1 is 1.29 bits per heavy atom. The molecular formula is C21H23N5O2. The van der Waals surface area contributed by atoms with Gasteiger partial charge in [-0.25, -0.2) is 0 Å². The van der Waals surface area contributed by atoms with Gasteiger partial charge in [0.05, 0.1) is 6.20 Å². The van der Waals surface area contributed by atoms with Crippen LogP contribution in [-0.4, -0.2) is 38.8 Å². The molecule has 3 aromatic rings. The predicted molar refractivity (Wildman–Crippen MR) is 106 cm³/mol. The molecule has 7 heteroatoms. The summed E-state index contributed by atoms with van der Waals surface area (Å²) in [5.74, 6) is 0.974. The molecule has 144 valence electrons. The van der Waals surface area contributed by atoms with Gasteiger partial charge in [-0.2, -0.15) is 5.10 Å². The molecule has 2 aromatic heterocycles. The number of aryl methyl sites for hydroxylation is 2. The molecule has 1 amide bonds. The van der Waals surface area contributed by atoms with Gasteiger partial charge in [-0.05, 0) is 24.5 Å². The summed E-state index contributed by atoms with van der Waals surface area (Å²) in [5, 5.41) is 11.1. The van der Waals surface area contributed by atoms with Crippen LogP contribution in [-0.2, 0) is 11.8 Å². The highest BCUT2D eigenvalue weighted by molar-refractivity contribution is 5.95. The molecule has 1 unspecified atom stereocenters. The summed E-state index contributed by atoms with van der Waals surface area (Å²) >= 11 is 0. The minimum atomic E-state index is -0.418.